The average Bonchev–Trinajstić information content (AvgIpc) is 2.32. The van der Waals surface area contributed by atoms with Gasteiger partial charge in [0, 0.05) is 6.04 Å². The molecule has 0 aliphatic rings. The van der Waals surface area contributed by atoms with E-state index in [4.69, 9.17) is 26.2 Å². The van der Waals surface area contributed by atoms with Crippen LogP contribution in [0, 0.1) is 0 Å². The van der Waals surface area contributed by atoms with Crippen LogP contribution in [0.4, 0.5) is 0 Å². The lowest BCUT2D eigenvalue weighted by atomic mass is 9.82. The van der Waals surface area contributed by atoms with Crippen LogP contribution in [-0.2, 0) is 19.2 Å². The summed E-state index contributed by atoms with van der Waals surface area (Å²) in [5, 5.41) is 37.2. The molecular weight excluding hydrogens is 326 g/mol. The summed E-state index contributed by atoms with van der Waals surface area (Å²) >= 11 is 0. The Morgan fingerprint density at radius 2 is 1.29 bits per heavy atom. The molecule has 0 bridgehead atoms. The van der Waals surface area contributed by atoms with Gasteiger partial charge >= 0.3 is 23.9 Å². The van der Waals surface area contributed by atoms with Crippen LogP contribution >= 0.6 is 0 Å². The first-order valence-corrected chi connectivity index (χ1v) is 6.81. The van der Waals surface area contributed by atoms with Crippen LogP contribution in [0.2, 0.25) is 0 Å². The van der Waals surface area contributed by atoms with E-state index in [2.05, 4.69) is 5.32 Å². The van der Waals surface area contributed by atoms with Crippen LogP contribution in [0.15, 0.2) is 0 Å². The molecule has 0 rings (SSSR count). The minimum Gasteiger partial charge on any atom is -0.481 e. The Balaban J connectivity index is 0. The number of nitrogens with one attached hydrogen (secondary N) is 1. The maximum atomic E-state index is 10.8. The molecule has 24 heavy (non-hydrogen) atoms. The highest BCUT2D eigenvalue weighted by atomic mass is 16.4. The van der Waals surface area contributed by atoms with Crippen LogP contribution < -0.4 is 11.1 Å². The van der Waals surface area contributed by atoms with Gasteiger partial charge in [0.25, 0.3) is 0 Å². The lowest BCUT2D eigenvalue weighted by molar-refractivity contribution is -0.146. The zero-order valence-corrected chi connectivity index (χ0v) is 13.9. The van der Waals surface area contributed by atoms with Crippen LogP contribution in [0.5, 0.6) is 0 Å². The second-order valence-corrected chi connectivity index (χ2v) is 5.59. The first kappa shape index (κ1) is 24.0. The van der Waals surface area contributed by atoms with Crippen molar-refractivity contribution in [2.45, 2.75) is 30.8 Å². The maximum absolute atomic E-state index is 10.8. The molecule has 0 heterocycles. The molecule has 0 radical (unpaired) electrons. The highest BCUT2D eigenvalue weighted by Gasteiger charge is 2.42. The Morgan fingerprint density at radius 1 is 0.917 bits per heavy atom. The summed E-state index contributed by atoms with van der Waals surface area (Å²) in [6.45, 7) is -0.742. The van der Waals surface area contributed by atoms with Crippen LogP contribution in [0.1, 0.15) is 19.3 Å². The summed E-state index contributed by atoms with van der Waals surface area (Å²) in [7, 11) is 6.00. The Bertz CT molecular complexity index is 434. The molecule has 0 spiro atoms. The molecule has 0 saturated heterocycles. The SMILES string of the molecule is CN(C)C.NC(CC(=O)O)C(CC(=O)O)(CC(=O)O)NCC(=O)O. The number of carboxylic acids is 4. The van der Waals surface area contributed by atoms with E-state index in [1.807, 2.05) is 26.0 Å². The summed E-state index contributed by atoms with van der Waals surface area (Å²) in [4.78, 5) is 44.9. The largest absolute Gasteiger partial charge is 0.481 e. The van der Waals surface area contributed by atoms with Crippen molar-refractivity contribution in [2.24, 2.45) is 5.73 Å². The lowest BCUT2D eigenvalue weighted by Gasteiger charge is -2.36. The number of aliphatic carboxylic acids is 4. The number of nitrogens with zero attached hydrogens (tertiary/aromatic N) is 1. The fraction of sp³-hybridized carbons (Fsp3) is 0.692. The normalized spacial score (nSPS) is 12.0. The quantitative estimate of drug-likeness (QED) is 0.264. The highest BCUT2D eigenvalue weighted by molar-refractivity contribution is 5.75. The summed E-state index contributed by atoms with van der Waals surface area (Å²) in [5.41, 5.74) is 3.71. The first-order chi connectivity index (χ1) is 10.8. The van der Waals surface area contributed by atoms with E-state index in [9.17, 15) is 19.2 Å². The number of carbonyl (C=O) groups is 4. The Kier molecular flexibility index (Phi) is 11.3. The third kappa shape index (κ3) is 12.3. The molecule has 0 aliphatic carbocycles. The maximum Gasteiger partial charge on any atom is 0.317 e. The molecule has 0 aliphatic heterocycles. The van der Waals surface area contributed by atoms with Crippen molar-refractivity contribution in [1.29, 1.82) is 0 Å². The Hall–Kier alpha value is -2.24. The molecule has 7 N–H and O–H groups in total. The number of carboxylic acid groups (broad SMARTS) is 4. The molecular formula is C13H25N3O8. The molecule has 11 heteroatoms. The van der Waals surface area contributed by atoms with E-state index in [1.54, 1.807) is 0 Å². The zero-order valence-electron chi connectivity index (χ0n) is 13.9. The van der Waals surface area contributed by atoms with Gasteiger partial charge in [0.2, 0.25) is 0 Å². The summed E-state index contributed by atoms with van der Waals surface area (Å²) in [6, 6.07) is -1.38. The smallest absolute Gasteiger partial charge is 0.317 e. The van der Waals surface area contributed by atoms with Crippen molar-refractivity contribution in [2.75, 3.05) is 27.7 Å². The molecule has 1 atom stereocenters. The molecule has 140 valence electrons. The topological polar surface area (TPSA) is 190 Å². The summed E-state index contributed by atoms with van der Waals surface area (Å²) in [6.07, 6.45) is -2.34. The van der Waals surface area contributed by atoms with Gasteiger partial charge in [-0.2, -0.15) is 0 Å². The Labute approximate surface area is 139 Å². The van der Waals surface area contributed by atoms with Gasteiger partial charge in [0.15, 0.2) is 0 Å². The fourth-order valence-electron chi connectivity index (χ4n) is 1.76. The Morgan fingerprint density at radius 3 is 1.54 bits per heavy atom. The second kappa shape index (κ2) is 11.3. The number of rotatable bonds is 10. The van der Waals surface area contributed by atoms with E-state index < -0.39 is 61.3 Å². The minimum atomic E-state index is -1.87. The zero-order chi connectivity index (χ0) is 19.5. The molecule has 0 aromatic rings. The van der Waals surface area contributed by atoms with Gasteiger partial charge in [-0.15, -0.1) is 0 Å². The van der Waals surface area contributed by atoms with Gasteiger partial charge in [-0.3, -0.25) is 24.5 Å². The highest BCUT2D eigenvalue weighted by Crippen LogP contribution is 2.22. The van der Waals surface area contributed by atoms with E-state index >= 15 is 0 Å². The average molecular weight is 351 g/mol. The van der Waals surface area contributed by atoms with E-state index in [0.29, 0.717) is 0 Å². The van der Waals surface area contributed by atoms with Crippen molar-refractivity contribution in [3.63, 3.8) is 0 Å². The van der Waals surface area contributed by atoms with Crippen molar-refractivity contribution in [3.8, 4) is 0 Å². The van der Waals surface area contributed by atoms with Crippen molar-refractivity contribution in [3.05, 3.63) is 0 Å². The van der Waals surface area contributed by atoms with Gasteiger partial charge in [-0.25, -0.2) is 0 Å². The number of nitrogens with two attached hydrogens (primary N) is 1. The van der Waals surface area contributed by atoms with Gasteiger partial charge in [0.1, 0.15) is 0 Å². The molecule has 0 fully saturated rings. The van der Waals surface area contributed by atoms with Gasteiger partial charge in [0.05, 0.1) is 31.3 Å². The van der Waals surface area contributed by atoms with E-state index in [1.165, 1.54) is 0 Å². The fourth-order valence-corrected chi connectivity index (χ4v) is 1.76. The lowest BCUT2D eigenvalue weighted by Crippen LogP contribution is -2.61. The number of hydrogen-bond donors (Lipinski definition) is 6. The van der Waals surface area contributed by atoms with Crippen molar-refractivity contribution >= 4 is 23.9 Å². The minimum absolute atomic E-state index is 0.701. The number of hydrogen-bond acceptors (Lipinski definition) is 7. The molecule has 0 aromatic heterocycles. The third-order valence-electron chi connectivity index (χ3n) is 2.63. The standard InChI is InChI=1S/C10H16N2O8.C3H9N/c11-5(1-6(13)14)10(2-7(15)16,3-8(17)18)12-4-9(19)20;1-4(2)3/h5,12H,1-4,11H2,(H,13,14)(H,15,16)(H,17,18)(H,19,20);1-3H3. The predicted molar refractivity (Wildman–Crippen MR) is 82.7 cm³/mol. The summed E-state index contributed by atoms with van der Waals surface area (Å²) in [5.74, 6) is -5.56. The van der Waals surface area contributed by atoms with Gasteiger partial charge in [-0.05, 0) is 21.1 Å². The third-order valence-corrected chi connectivity index (χ3v) is 2.63. The molecule has 11 nitrogen and oxygen atoms in total. The second-order valence-electron chi connectivity index (χ2n) is 5.59. The molecule has 0 amide bonds. The van der Waals surface area contributed by atoms with Crippen molar-refractivity contribution < 1.29 is 39.6 Å². The van der Waals surface area contributed by atoms with Crippen LogP contribution in [-0.4, -0.2) is 88.5 Å². The van der Waals surface area contributed by atoms with Crippen LogP contribution in [0.3, 0.4) is 0 Å². The molecule has 1 unspecified atom stereocenters. The van der Waals surface area contributed by atoms with Crippen LogP contribution in [0.25, 0.3) is 0 Å². The van der Waals surface area contributed by atoms with E-state index in [0.717, 1.165) is 0 Å². The van der Waals surface area contributed by atoms with Gasteiger partial charge in [-0.1, -0.05) is 0 Å². The molecule has 0 aromatic carbocycles. The van der Waals surface area contributed by atoms with E-state index in [-0.39, 0.29) is 0 Å². The first-order valence-electron chi connectivity index (χ1n) is 6.81. The summed E-state index contributed by atoms with van der Waals surface area (Å²) < 4.78 is 0. The van der Waals surface area contributed by atoms with Crippen molar-refractivity contribution in [1.82, 2.24) is 10.2 Å². The molecule has 0 saturated carbocycles. The predicted octanol–water partition coefficient (Wildman–Crippen LogP) is -1.67. The monoisotopic (exact) mass is 351 g/mol. The van der Waals surface area contributed by atoms with Gasteiger partial charge < -0.3 is 31.1 Å².